The Morgan fingerprint density at radius 3 is 2.73 bits per heavy atom. The largest absolute Gasteiger partial charge is 0.462 e. The molecule has 4 nitrogen and oxygen atoms in total. The van der Waals surface area contributed by atoms with Gasteiger partial charge in [0.05, 0.1) is 33.1 Å². The summed E-state index contributed by atoms with van der Waals surface area (Å²) in [5.74, 6) is -0.270. The molecule has 22 heavy (non-hydrogen) atoms. The number of thioether (sulfide) groups is 1. The van der Waals surface area contributed by atoms with Crippen molar-refractivity contribution in [2.45, 2.75) is 18.1 Å². The molecule has 0 bridgehead atoms. The van der Waals surface area contributed by atoms with Crippen molar-refractivity contribution in [1.82, 2.24) is 9.78 Å². The lowest BCUT2D eigenvalue weighted by Gasteiger charge is -2.02. The van der Waals surface area contributed by atoms with Crippen LogP contribution in [0.2, 0.25) is 0 Å². The van der Waals surface area contributed by atoms with Gasteiger partial charge in [-0.3, -0.25) is 0 Å². The lowest BCUT2D eigenvalue weighted by molar-refractivity contribution is 0.0525. The zero-order valence-electron chi connectivity index (χ0n) is 12.6. The average Bonchev–Trinajstić information content (AvgIpc) is 3.06. The van der Waals surface area contributed by atoms with E-state index in [1.165, 1.54) is 0 Å². The first-order valence-corrected chi connectivity index (χ1v) is 9.00. The molecule has 0 N–H and O–H groups in total. The van der Waals surface area contributed by atoms with E-state index in [0.717, 1.165) is 25.8 Å². The van der Waals surface area contributed by atoms with E-state index in [2.05, 4.69) is 5.10 Å². The first-order valence-electron chi connectivity index (χ1n) is 6.96. The summed E-state index contributed by atoms with van der Waals surface area (Å²) >= 11 is 3.15. The highest BCUT2D eigenvalue weighted by molar-refractivity contribution is 8.00. The maximum absolute atomic E-state index is 12.3. The SMILES string of the molecule is CCOC(=O)c1c(SC)sc2c1c(C)nn2-c1ccccc1. The highest BCUT2D eigenvalue weighted by atomic mass is 32.2. The Kier molecular flexibility index (Phi) is 4.22. The third kappa shape index (κ3) is 2.42. The van der Waals surface area contributed by atoms with E-state index in [4.69, 9.17) is 4.74 Å². The molecule has 114 valence electrons. The first-order chi connectivity index (χ1) is 10.7. The second kappa shape index (κ2) is 6.14. The van der Waals surface area contributed by atoms with E-state index in [-0.39, 0.29) is 5.97 Å². The molecule has 0 aliphatic carbocycles. The number of carbonyl (C=O) groups excluding carboxylic acids is 1. The topological polar surface area (TPSA) is 44.1 Å². The molecule has 0 saturated heterocycles. The molecule has 0 spiro atoms. The highest BCUT2D eigenvalue weighted by Crippen LogP contribution is 2.40. The molecular formula is C16H16N2O2S2. The van der Waals surface area contributed by atoms with Gasteiger partial charge in [-0.25, -0.2) is 9.48 Å². The second-order valence-electron chi connectivity index (χ2n) is 4.70. The number of para-hydroxylation sites is 1. The van der Waals surface area contributed by atoms with Crippen molar-refractivity contribution in [3.63, 3.8) is 0 Å². The number of aromatic nitrogens is 2. The van der Waals surface area contributed by atoms with Gasteiger partial charge in [0, 0.05) is 0 Å². The molecule has 2 heterocycles. The Balaban J connectivity index is 2.26. The second-order valence-corrected chi connectivity index (χ2v) is 6.78. The van der Waals surface area contributed by atoms with Crippen LogP contribution in [0.3, 0.4) is 0 Å². The molecule has 0 atom stereocenters. The zero-order chi connectivity index (χ0) is 15.7. The Morgan fingerprint density at radius 2 is 2.09 bits per heavy atom. The number of benzene rings is 1. The number of hydrogen-bond acceptors (Lipinski definition) is 5. The van der Waals surface area contributed by atoms with Gasteiger partial charge in [0.25, 0.3) is 0 Å². The number of thiophene rings is 1. The fraction of sp³-hybridized carbons (Fsp3) is 0.250. The fourth-order valence-electron chi connectivity index (χ4n) is 2.41. The van der Waals surface area contributed by atoms with E-state index in [9.17, 15) is 4.79 Å². The van der Waals surface area contributed by atoms with Crippen LogP contribution in [0.5, 0.6) is 0 Å². The van der Waals surface area contributed by atoms with E-state index in [0.29, 0.717) is 12.2 Å². The number of rotatable bonds is 4. The number of esters is 1. The Labute approximate surface area is 137 Å². The average molecular weight is 332 g/mol. The molecule has 3 rings (SSSR count). The van der Waals surface area contributed by atoms with Gasteiger partial charge in [0.1, 0.15) is 4.83 Å². The van der Waals surface area contributed by atoms with E-state index in [1.54, 1.807) is 23.1 Å². The van der Waals surface area contributed by atoms with Gasteiger partial charge in [0.2, 0.25) is 0 Å². The van der Waals surface area contributed by atoms with Gasteiger partial charge in [0.15, 0.2) is 0 Å². The first kappa shape index (κ1) is 15.1. The van der Waals surface area contributed by atoms with Crippen LogP contribution in [0.15, 0.2) is 34.5 Å². The Morgan fingerprint density at radius 1 is 1.36 bits per heavy atom. The van der Waals surface area contributed by atoms with Crippen LogP contribution in [-0.2, 0) is 4.74 Å². The summed E-state index contributed by atoms with van der Waals surface area (Å²) in [5.41, 5.74) is 2.48. The molecule has 0 aliphatic rings. The van der Waals surface area contributed by atoms with Crippen molar-refractivity contribution in [1.29, 1.82) is 0 Å². The number of ether oxygens (including phenoxy) is 1. The summed E-state index contributed by atoms with van der Waals surface area (Å²) in [6.07, 6.45) is 1.98. The summed E-state index contributed by atoms with van der Waals surface area (Å²) in [7, 11) is 0. The molecule has 0 radical (unpaired) electrons. The predicted octanol–water partition coefficient (Wildman–Crippen LogP) is 4.29. The molecular weight excluding hydrogens is 316 g/mol. The van der Waals surface area contributed by atoms with Crippen LogP contribution >= 0.6 is 23.1 Å². The standard InChI is InChI=1S/C16H16N2O2S2/c1-4-20-15(19)13-12-10(2)17-18(11-8-6-5-7-9-11)14(12)22-16(13)21-3/h5-9H,4H2,1-3H3. The van der Waals surface area contributed by atoms with Crippen LogP contribution < -0.4 is 0 Å². The number of nitrogens with zero attached hydrogens (tertiary/aromatic N) is 2. The third-order valence-corrected chi connectivity index (χ3v) is 5.61. The summed E-state index contributed by atoms with van der Waals surface area (Å²) in [6.45, 7) is 4.12. The number of aryl methyl sites for hydroxylation is 1. The minimum atomic E-state index is -0.270. The number of hydrogen-bond donors (Lipinski definition) is 0. The van der Waals surface area contributed by atoms with Crippen molar-refractivity contribution < 1.29 is 9.53 Å². The van der Waals surface area contributed by atoms with Gasteiger partial charge in [-0.15, -0.1) is 23.1 Å². The minimum Gasteiger partial charge on any atom is -0.462 e. The van der Waals surface area contributed by atoms with Crippen LogP contribution in [0.1, 0.15) is 23.0 Å². The normalized spacial score (nSPS) is 11.0. The monoisotopic (exact) mass is 332 g/mol. The van der Waals surface area contributed by atoms with Crippen molar-refractivity contribution in [2.75, 3.05) is 12.9 Å². The molecule has 2 aromatic heterocycles. The summed E-state index contributed by atoms with van der Waals surface area (Å²) in [5, 5.41) is 5.51. The quantitative estimate of drug-likeness (QED) is 0.528. The van der Waals surface area contributed by atoms with Crippen molar-refractivity contribution in [3.8, 4) is 5.69 Å². The lowest BCUT2D eigenvalue weighted by Crippen LogP contribution is -2.05. The van der Waals surface area contributed by atoms with Crippen LogP contribution in [-0.4, -0.2) is 28.6 Å². The Bertz CT molecular complexity index is 822. The fourth-order valence-corrected chi connectivity index (χ4v) is 4.41. The molecule has 3 aromatic rings. The highest BCUT2D eigenvalue weighted by Gasteiger charge is 2.25. The molecule has 6 heteroatoms. The van der Waals surface area contributed by atoms with Crippen molar-refractivity contribution >= 4 is 39.3 Å². The predicted molar refractivity (Wildman–Crippen MR) is 91.4 cm³/mol. The minimum absolute atomic E-state index is 0.270. The maximum atomic E-state index is 12.3. The number of carbonyl (C=O) groups is 1. The van der Waals surface area contributed by atoms with E-state index in [1.807, 2.05) is 55.1 Å². The lowest BCUT2D eigenvalue weighted by atomic mass is 10.2. The van der Waals surface area contributed by atoms with Crippen molar-refractivity contribution in [3.05, 3.63) is 41.6 Å². The van der Waals surface area contributed by atoms with Gasteiger partial charge in [-0.2, -0.15) is 5.10 Å². The third-order valence-electron chi connectivity index (χ3n) is 3.33. The summed E-state index contributed by atoms with van der Waals surface area (Å²) in [6, 6.07) is 9.95. The van der Waals surface area contributed by atoms with Gasteiger partial charge in [-0.1, -0.05) is 18.2 Å². The van der Waals surface area contributed by atoms with Gasteiger partial charge >= 0.3 is 5.97 Å². The molecule has 0 saturated carbocycles. The number of fused-ring (bicyclic) bond motifs is 1. The summed E-state index contributed by atoms with van der Waals surface area (Å²) in [4.78, 5) is 13.3. The van der Waals surface area contributed by atoms with E-state index >= 15 is 0 Å². The molecule has 0 unspecified atom stereocenters. The molecule has 1 aromatic carbocycles. The zero-order valence-corrected chi connectivity index (χ0v) is 14.3. The molecule has 0 fully saturated rings. The van der Waals surface area contributed by atoms with Gasteiger partial charge in [-0.05, 0) is 32.2 Å². The van der Waals surface area contributed by atoms with E-state index < -0.39 is 0 Å². The van der Waals surface area contributed by atoms with Crippen molar-refractivity contribution in [2.24, 2.45) is 0 Å². The molecule has 0 aliphatic heterocycles. The Hall–Kier alpha value is -1.79. The molecule has 0 amide bonds. The summed E-state index contributed by atoms with van der Waals surface area (Å²) < 4.78 is 8.10. The van der Waals surface area contributed by atoms with Gasteiger partial charge < -0.3 is 4.74 Å². The van der Waals surface area contributed by atoms with Crippen LogP contribution in [0, 0.1) is 6.92 Å². The maximum Gasteiger partial charge on any atom is 0.340 e. The van der Waals surface area contributed by atoms with Crippen LogP contribution in [0.4, 0.5) is 0 Å². The van der Waals surface area contributed by atoms with Crippen LogP contribution in [0.25, 0.3) is 15.9 Å². The smallest absolute Gasteiger partial charge is 0.340 e.